The van der Waals surface area contributed by atoms with E-state index < -0.39 is 12.3 Å². The third-order valence-corrected chi connectivity index (χ3v) is 3.84. The third-order valence-electron chi connectivity index (χ3n) is 3.84. The zero-order valence-corrected chi connectivity index (χ0v) is 14.1. The zero-order chi connectivity index (χ0) is 14.9. The molecule has 1 N–H and O–H groups in total. The summed E-state index contributed by atoms with van der Waals surface area (Å²) in [6.07, 6.45) is -4.97. The minimum absolute atomic E-state index is 0. The van der Waals surface area contributed by atoms with Crippen molar-refractivity contribution in [3.8, 4) is 0 Å². The fourth-order valence-corrected chi connectivity index (χ4v) is 2.77. The molecule has 0 saturated carbocycles. The number of alkyl halides is 3. The van der Waals surface area contributed by atoms with Crippen molar-refractivity contribution in [3.63, 3.8) is 0 Å². The van der Waals surface area contributed by atoms with E-state index in [2.05, 4.69) is 10.4 Å². The second-order valence-electron chi connectivity index (χ2n) is 5.52. The Bertz CT molecular complexity index is 475. The number of halogens is 5. The van der Waals surface area contributed by atoms with E-state index >= 15 is 0 Å². The molecule has 2 aliphatic heterocycles. The van der Waals surface area contributed by atoms with Gasteiger partial charge >= 0.3 is 6.18 Å². The number of hydrogen-bond donors (Lipinski definition) is 1. The van der Waals surface area contributed by atoms with Gasteiger partial charge in [0.25, 0.3) is 0 Å². The van der Waals surface area contributed by atoms with Gasteiger partial charge in [-0.15, -0.1) is 24.8 Å². The number of ether oxygens (including phenoxy) is 1. The first-order valence-electron chi connectivity index (χ1n) is 7.19. The standard InChI is InChI=1S/C13H19F3N4O.2ClH/c14-13(15,16)12-9-19(4-5-21-12)8-10-6-11-7-17-2-1-3-20(11)18-10;;/h6,12,17H,1-5,7-9H2;2*1H. The molecule has 1 atom stereocenters. The number of aromatic nitrogens is 2. The molecule has 0 aliphatic carbocycles. The molecule has 1 aromatic rings. The van der Waals surface area contributed by atoms with Crippen LogP contribution in [0.25, 0.3) is 0 Å². The van der Waals surface area contributed by atoms with Gasteiger partial charge in [-0.1, -0.05) is 0 Å². The predicted octanol–water partition coefficient (Wildman–Crippen LogP) is 1.98. The lowest BCUT2D eigenvalue weighted by molar-refractivity contribution is -0.237. The van der Waals surface area contributed by atoms with Crippen LogP contribution in [0.2, 0.25) is 0 Å². The van der Waals surface area contributed by atoms with Crippen molar-refractivity contribution in [1.29, 1.82) is 0 Å². The Kier molecular flexibility index (Phi) is 7.60. The fraction of sp³-hybridized carbons (Fsp3) is 0.769. The molecule has 0 radical (unpaired) electrons. The maximum Gasteiger partial charge on any atom is 0.415 e. The van der Waals surface area contributed by atoms with Crippen LogP contribution in [0.4, 0.5) is 13.2 Å². The second kappa shape index (κ2) is 8.53. The van der Waals surface area contributed by atoms with Crippen molar-refractivity contribution in [1.82, 2.24) is 20.0 Å². The molecule has 1 saturated heterocycles. The highest BCUT2D eigenvalue weighted by Crippen LogP contribution is 2.26. The van der Waals surface area contributed by atoms with E-state index in [-0.39, 0.29) is 38.0 Å². The normalized spacial score (nSPS) is 22.5. The monoisotopic (exact) mass is 376 g/mol. The molecule has 1 unspecified atom stereocenters. The molecule has 5 nitrogen and oxygen atoms in total. The first-order valence-corrected chi connectivity index (χ1v) is 7.19. The molecular formula is C13H21Cl2F3N4O. The number of morpholine rings is 1. The fourth-order valence-electron chi connectivity index (χ4n) is 2.77. The first-order chi connectivity index (χ1) is 10.0. The van der Waals surface area contributed by atoms with Gasteiger partial charge in [0.1, 0.15) is 0 Å². The number of nitrogens with zero attached hydrogens (tertiary/aromatic N) is 3. The lowest BCUT2D eigenvalue weighted by Gasteiger charge is -2.33. The number of hydrogen-bond acceptors (Lipinski definition) is 4. The van der Waals surface area contributed by atoms with Crippen LogP contribution in [-0.4, -0.2) is 53.2 Å². The summed E-state index contributed by atoms with van der Waals surface area (Å²) in [7, 11) is 0. The van der Waals surface area contributed by atoms with Gasteiger partial charge in [-0.25, -0.2) is 0 Å². The van der Waals surface area contributed by atoms with Gasteiger partial charge in [-0.2, -0.15) is 18.3 Å². The van der Waals surface area contributed by atoms with Gasteiger partial charge in [0.05, 0.1) is 18.0 Å². The van der Waals surface area contributed by atoms with Gasteiger partial charge in [0.15, 0.2) is 6.10 Å². The van der Waals surface area contributed by atoms with Gasteiger partial charge in [0, 0.05) is 32.7 Å². The van der Waals surface area contributed by atoms with E-state index in [9.17, 15) is 13.2 Å². The van der Waals surface area contributed by atoms with Crippen molar-refractivity contribution in [2.75, 3.05) is 26.2 Å². The molecule has 134 valence electrons. The summed E-state index contributed by atoms with van der Waals surface area (Å²) < 4.78 is 44.9. The van der Waals surface area contributed by atoms with E-state index in [1.807, 2.05) is 10.7 Å². The maximum atomic E-state index is 12.7. The van der Waals surface area contributed by atoms with Crippen LogP contribution in [0.5, 0.6) is 0 Å². The van der Waals surface area contributed by atoms with Gasteiger partial charge < -0.3 is 10.1 Å². The van der Waals surface area contributed by atoms with Gasteiger partial charge in [-0.3, -0.25) is 9.58 Å². The van der Waals surface area contributed by atoms with Crippen LogP contribution >= 0.6 is 24.8 Å². The topological polar surface area (TPSA) is 42.3 Å². The van der Waals surface area contributed by atoms with Crippen LogP contribution in [0.3, 0.4) is 0 Å². The van der Waals surface area contributed by atoms with Gasteiger partial charge in [-0.05, 0) is 19.0 Å². The molecule has 0 amide bonds. The molecule has 0 aromatic carbocycles. The quantitative estimate of drug-likeness (QED) is 0.856. The smallest absolute Gasteiger partial charge is 0.366 e. The summed E-state index contributed by atoms with van der Waals surface area (Å²) in [6, 6.07) is 1.98. The molecule has 3 heterocycles. The number of nitrogens with one attached hydrogen (secondary N) is 1. The average molecular weight is 377 g/mol. The summed E-state index contributed by atoms with van der Waals surface area (Å²) in [5.74, 6) is 0. The van der Waals surface area contributed by atoms with Crippen LogP contribution < -0.4 is 5.32 Å². The summed E-state index contributed by atoms with van der Waals surface area (Å²) in [4.78, 5) is 1.76. The summed E-state index contributed by atoms with van der Waals surface area (Å²) in [5, 5.41) is 7.81. The van der Waals surface area contributed by atoms with Crippen molar-refractivity contribution < 1.29 is 17.9 Å². The zero-order valence-electron chi connectivity index (χ0n) is 12.5. The highest BCUT2D eigenvalue weighted by atomic mass is 35.5. The van der Waals surface area contributed by atoms with E-state index in [1.54, 1.807) is 4.90 Å². The molecule has 10 heteroatoms. The van der Waals surface area contributed by atoms with Crippen LogP contribution in [0.1, 0.15) is 17.8 Å². The molecule has 0 spiro atoms. The molecular weight excluding hydrogens is 356 g/mol. The Morgan fingerprint density at radius 3 is 2.83 bits per heavy atom. The molecule has 1 fully saturated rings. The lowest BCUT2D eigenvalue weighted by Crippen LogP contribution is -2.48. The summed E-state index contributed by atoms with van der Waals surface area (Å²) in [5.41, 5.74) is 1.93. The Labute approximate surface area is 145 Å². The third kappa shape index (κ3) is 5.22. The minimum atomic E-state index is -4.30. The minimum Gasteiger partial charge on any atom is -0.366 e. The van der Waals surface area contributed by atoms with E-state index in [0.29, 0.717) is 13.1 Å². The first kappa shape index (κ1) is 20.5. The molecule has 0 bridgehead atoms. The van der Waals surface area contributed by atoms with E-state index in [1.165, 1.54) is 0 Å². The second-order valence-corrected chi connectivity index (χ2v) is 5.52. The summed E-state index contributed by atoms with van der Waals surface area (Å²) >= 11 is 0. The van der Waals surface area contributed by atoms with E-state index in [4.69, 9.17) is 4.74 Å². The highest BCUT2D eigenvalue weighted by molar-refractivity contribution is 5.85. The number of aryl methyl sites for hydroxylation is 1. The SMILES string of the molecule is Cl.Cl.FC(F)(F)C1CN(Cc2cc3n(n2)CCCNC3)CCO1. The Balaban J connectivity index is 0.00000132. The molecule has 3 rings (SSSR count). The maximum absolute atomic E-state index is 12.7. The number of fused-ring (bicyclic) bond motifs is 1. The highest BCUT2D eigenvalue weighted by Gasteiger charge is 2.43. The Morgan fingerprint density at radius 2 is 2.09 bits per heavy atom. The van der Waals surface area contributed by atoms with Crippen LogP contribution in [0.15, 0.2) is 6.07 Å². The van der Waals surface area contributed by atoms with Crippen molar-refractivity contribution in [2.24, 2.45) is 0 Å². The predicted molar refractivity (Wildman–Crippen MR) is 84.1 cm³/mol. The van der Waals surface area contributed by atoms with Crippen molar-refractivity contribution in [2.45, 2.75) is 38.3 Å². The van der Waals surface area contributed by atoms with Crippen molar-refractivity contribution in [3.05, 3.63) is 17.5 Å². The molecule has 2 aliphatic rings. The molecule has 1 aromatic heterocycles. The Hall–Kier alpha value is -0.540. The molecule has 23 heavy (non-hydrogen) atoms. The van der Waals surface area contributed by atoms with Crippen LogP contribution in [0, 0.1) is 0 Å². The largest absolute Gasteiger partial charge is 0.415 e. The number of rotatable bonds is 2. The lowest BCUT2D eigenvalue weighted by atomic mass is 10.2. The Morgan fingerprint density at radius 1 is 1.30 bits per heavy atom. The van der Waals surface area contributed by atoms with Crippen LogP contribution in [-0.2, 0) is 24.4 Å². The van der Waals surface area contributed by atoms with E-state index in [0.717, 1.165) is 37.4 Å². The van der Waals surface area contributed by atoms with Crippen molar-refractivity contribution >= 4 is 24.8 Å². The van der Waals surface area contributed by atoms with Gasteiger partial charge in [0.2, 0.25) is 0 Å². The average Bonchev–Trinajstić information content (AvgIpc) is 2.67. The summed E-state index contributed by atoms with van der Waals surface area (Å²) in [6.45, 7) is 3.53.